The van der Waals surface area contributed by atoms with Crippen molar-refractivity contribution in [1.82, 2.24) is 10.2 Å². The Balaban J connectivity index is 1.76. The standard InChI is InChI=1S/C23H36N4O3/c1-5-17(6-2)22(29)27-13-11-20(12-14-27)26-23(30)25-19-9-7-18(8-10-19)24-21(28)15-16(3)4/h7-10,16-17,20H,5-6,11-15H2,1-4H3,(H,24,28)(H2,25,26,30). The average molecular weight is 417 g/mol. The van der Waals surface area contributed by atoms with Crippen LogP contribution in [0, 0.1) is 11.8 Å². The van der Waals surface area contributed by atoms with E-state index in [9.17, 15) is 14.4 Å². The minimum Gasteiger partial charge on any atom is -0.342 e. The van der Waals surface area contributed by atoms with Gasteiger partial charge in [0.1, 0.15) is 0 Å². The predicted molar refractivity (Wildman–Crippen MR) is 120 cm³/mol. The third kappa shape index (κ3) is 7.35. The number of piperidine rings is 1. The van der Waals surface area contributed by atoms with Gasteiger partial charge >= 0.3 is 6.03 Å². The van der Waals surface area contributed by atoms with Crippen LogP contribution in [0.5, 0.6) is 0 Å². The molecule has 0 saturated carbocycles. The summed E-state index contributed by atoms with van der Waals surface area (Å²) < 4.78 is 0. The zero-order valence-corrected chi connectivity index (χ0v) is 18.7. The van der Waals surface area contributed by atoms with Gasteiger partial charge in [-0.05, 0) is 55.9 Å². The molecule has 1 aromatic rings. The molecule has 7 heteroatoms. The lowest BCUT2D eigenvalue weighted by Crippen LogP contribution is -2.48. The molecule has 1 aliphatic heterocycles. The highest BCUT2D eigenvalue weighted by Gasteiger charge is 2.27. The topological polar surface area (TPSA) is 90.5 Å². The summed E-state index contributed by atoms with van der Waals surface area (Å²) in [6.07, 6.45) is 3.75. The number of nitrogens with zero attached hydrogens (tertiary/aromatic N) is 1. The van der Waals surface area contributed by atoms with Crippen molar-refractivity contribution in [3.05, 3.63) is 24.3 Å². The lowest BCUT2D eigenvalue weighted by Gasteiger charge is -2.34. The zero-order chi connectivity index (χ0) is 22.1. The fourth-order valence-corrected chi connectivity index (χ4v) is 3.71. The second kappa shape index (κ2) is 11.6. The van der Waals surface area contributed by atoms with Crippen LogP contribution in [0.3, 0.4) is 0 Å². The number of hydrogen-bond acceptors (Lipinski definition) is 3. The molecule has 4 amide bonds. The van der Waals surface area contributed by atoms with Gasteiger partial charge in [-0.25, -0.2) is 4.79 Å². The third-order valence-corrected chi connectivity index (χ3v) is 5.50. The van der Waals surface area contributed by atoms with Crippen molar-refractivity contribution in [2.75, 3.05) is 23.7 Å². The number of carbonyl (C=O) groups excluding carboxylic acids is 3. The van der Waals surface area contributed by atoms with Crippen molar-refractivity contribution >= 4 is 29.2 Å². The van der Waals surface area contributed by atoms with Gasteiger partial charge in [-0.15, -0.1) is 0 Å². The predicted octanol–water partition coefficient (Wildman–Crippen LogP) is 4.22. The van der Waals surface area contributed by atoms with Crippen LogP contribution >= 0.6 is 0 Å². The van der Waals surface area contributed by atoms with Gasteiger partial charge in [-0.1, -0.05) is 27.7 Å². The number of amides is 4. The molecule has 2 rings (SSSR count). The van der Waals surface area contributed by atoms with Crippen LogP contribution in [0.15, 0.2) is 24.3 Å². The van der Waals surface area contributed by atoms with Gasteiger partial charge in [0.05, 0.1) is 0 Å². The summed E-state index contributed by atoms with van der Waals surface area (Å²) in [4.78, 5) is 38.5. The van der Waals surface area contributed by atoms with Crippen molar-refractivity contribution < 1.29 is 14.4 Å². The monoisotopic (exact) mass is 416 g/mol. The highest BCUT2D eigenvalue weighted by atomic mass is 16.2. The van der Waals surface area contributed by atoms with Crippen molar-refractivity contribution in [2.45, 2.75) is 65.8 Å². The van der Waals surface area contributed by atoms with Crippen LogP contribution in [0.1, 0.15) is 59.8 Å². The van der Waals surface area contributed by atoms with E-state index in [-0.39, 0.29) is 29.8 Å². The quantitative estimate of drug-likeness (QED) is 0.593. The van der Waals surface area contributed by atoms with E-state index < -0.39 is 0 Å². The van der Waals surface area contributed by atoms with E-state index >= 15 is 0 Å². The first-order valence-corrected chi connectivity index (χ1v) is 11.1. The number of rotatable bonds is 8. The highest BCUT2D eigenvalue weighted by molar-refractivity contribution is 5.92. The Labute approximate surface area is 180 Å². The Hall–Kier alpha value is -2.57. The molecule has 3 N–H and O–H groups in total. The van der Waals surface area contributed by atoms with E-state index in [1.54, 1.807) is 24.3 Å². The normalized spacial score (nSPS) is 14.7. The average Bonchev–Trinajstić information content (AvgIpc) is 2.70. The highest BCUT2D eigenvalue weighted by Crippen LogP contribution is 2.18. The molecule has 0 aromatic heterocycles. The molecule has 0 aliphatic carbocycles. The molecule has 0 bridgehead atoms. The second-order valence-corrected chi connectivity index (χ2v) is 8.43. The summed E-state index contributed by atoms with van der Waals surface area (Å²) in [6, 6.07) is 6.89. The van der Waals surface area contributed by atoms with Crippen LogP contribution in [0.25, 0.3) is 0 Å². The van der Waals surface area contributed by atoms with E-state index in [0.29, 0.717) is 36.8 Å². The number of anilines is 2. The van der Waals surface area contributed by atoms with Crippen LogP contribution in [-0.2, 0) is 9.59 Å². The largest absolute Gasteiger partial charge is 0.342 e. The molecular formula is C23H36N4O3. The summed E-state index contributed by atoms with van der Waals surface area (Å²) >= 11 is 0. The minimum atomic E-state index is -0.253. The van der Waals surface area contributed by atoms with E-state index in [2.05, 4.69) is 29.8 Å². The summed E-state index contributed by atoms with van der Waals surface area (Å²) in [5, 5.41) is 8.67. The van der Waals surface area contributed by atoms with Crippen LogP contribution in [0.2, 0.25) is 0 Å². The Morgan fingerprint density at radius 3 is 2.00 bits per heavy atom. The maximum Gasteiger partial charge on any atom is 0.319 e. The Bertz CT molecular complexity index is 706. The molecule has 1 heterocycles. The molecule has 0 atom stereocenters. The third-order valence-electron chi connectivity index (χ3n) is 5.50. The lowest BCUT2D eigenvalue weighted by atomic mass is 9.98. The summed E-state index contributed by atoms with van der Waals surface area (Å²) in [6.45, 7) is 9.48. The van der Waals surface area contributed by atoms with E-state index in [1.807, 2.05) is 18.7 Å². The van der Waals surface area contributed by atoms with Gasteiger partial charge in [0.25, 0.3) is 0 Å². The first-order valence-electron chi connectivity index (χ1n) is 11.1. The van der Waals surface area contributed by atoms with E-state index in [1.165, 1.54) is 0 Å². The van der Waals surface area contributed by atoms with Crippen LogP contribution in [-0.4, -0.2) is 41.9 Å². The molecule has 0 spiro atoms. The Kier molecular flexibility index (Phi) is 9.15. The van der Waals surface area contributed by atoms with Crippen molar-refractivity contribution in [1.29, 1.82) is 0 Å². The summed E-state index contributed by atoms with van der Waals surface area (Å²) in [7, 11) is 0. The fraction of sp³-hybridized carbons (Fsp3) is 0.609. The van der Waals surface area contributed by atoms with Crippen molar-refractivity contribution in [3.63, 3.8) is 0 Å². The molecule has 1 aliphatic rings. The maximum absolute atomic E-state index is 12.5. The Morgan fingerprint density at radius 2 is 1.50 bits per heavy atom. The van der Waals surface area contributed by atoms with Gasteiger partial charge < -0.3 is 20.9 Å². The van der Waals surface area contributed by atoms with Gasteiger partial charge in [0.2, 0.25) is 11.8 Å². The molecule has 1 fully saturated rings. The molecule has 30 heavy (non-hydrogen) atoms. The van der Waals surface area contributed by atoms with E-state index in [0.717, 1.165) is 25.7 Å². The number of benzene rings is 1. The van der Waals surface area contributed by atoms with Gasteiger partial charge in [0, 0.05) is 42.8 Å². The number of likely N-dealkylation sites (tertiary alicyclic amines) is 1. The zero-order valence-electron chi connectivity index (χ0n) is 18.7. The van der Waals surface area contributed by atoms with Gasteiger partial charge in [0.15, 0.2) is 0 Å². The van der Waals surface area contributed by atoms with E-state index in [4.69, 9.17) is 0 Å². The summed E-state index contributed by atoms with van der Waals surface area (Å²) in [5.74, 6) is 0.635. The molecular weight excluding hydrogens is 380 g/mol. The number of nitrogens with one attached hydrogen (secondary N) is 3. The van der Waals surface area contributed by atoms with Gasteiger partial charge in [-0.3, -0.25) is 9.59 Å². The smallest absolute Gasteiger partial charge is 0.319 e. The fourth-order valence-electron chi connectivity index (χ4n) is 3.71. The molecule has 1 saturated heterocycles. The maximum atomic E-state index is 12.5. The first kappa shape index (κ1) is 23.7. The van der Waals surface area contributed by atoms with Crippen molar-refractivity contribution in [3.8, 4) is 0 Å². The van der Waals surface area contributed by atoms with Crippen LogP contribution in [0.4, 0.5) is 16.2 Å². The van der Waals surface area contributed by atoms with Crippen molar-refractivity contribution in [2.24, 2.45) is 11.8 Å². The molecule has 1 aromatic carbocycles. The molecule has 166 valence electrons. The second-order valence-electron chi connectivity index (χ2n) is 8.43. The lowest BCUT2D eigenvalue weighted by molar-refractivity contribution is -0.136. The van der Waals surface area contributed by atoms with Gasteiger partial charge in [-0.2, -0.15) is 0 Å². The SMILES string of the molecule is CCC(CC)C(=O)N1CCC(NC(=O)Nc2ccc(NC(=O)CC(C)C)cc2)CC1. The molecule has 0 unspecified atom stereocenters. The molecule has 7 nitrogen and oxygen atoms in total. The minimum absolute atomic E-state index is 0.0162. The Morgan fingerprint density at radius 1 is 0.967 bits per heavy atom. The number of urea groups is 1. The first-order chi connectivity index (χ1) is 14.3. The number of hydrogen-bond donors (Lipinski definition) is 3. The molecule has 0 radical (unpaired) electrons. The van der Waals surface area contributed by atoms with Crippen LogP contribution < -0.4 is 16.0 Å². The summed E-state index contributed by atoms with van der Waals surface area (Å²) in [5.41, 5.74) is 1.37. The number of carbonyl (C=O) groups is 3.